The molecule has 6 heteroatoms. The molecule has 2 amide bonds. The Morgan fingerprint density at radius 2 is 1.83 bits per heavy atom. The van der Waals surface area contributed by atoms with Crippen molar-refractivity contribution in [2.24, 2.45) is 0 Å². The molecule has 2 aromatic rings. The number of ether oxygens (including phenoxy) is 1. The van der Waals surface area contributed by atoms with Gasteiger partial charge in [-0.05, 0) is 56.5 Å². The molecular weight excluding hydrogens is 383 g/mol. The van der Waals surface area contributed by atoms with Gasteiger partial charge in [0.15, 0.2) is 6.61 Å². The van der Waals surface area contributed by atoms with E-state index in [9.17, 15) is 14.0 Å². The summed E-state index contributed by atoms with van der Waals surface area (Å²) in [6, 6.07) is 11.0. The number of halogens is 1. The molecule has 0 aliphatic heterocycles. The van der Waals surface area contributed by atoms with Crippen molar-refractivity contribution in [1.29, 1.82) is 0 Å². The van der Waals surface area contributed by atoms with Crippen LogP contribution in [0.2, 0.25) is 0 Å². The molecule has 5 nitrogen and oxygen atoms in total. The van der Waals surface area contributed by atoms with E-state index in [-0.39, 0.29) is 30.8 Å². The van der Waals surface area contributed by atoms with Crippen molar-refractivity contribution in [3.63, 3.8) is 0 Å². The Bertz CT molecular complexity index is 852. The highest BCUT2D eigenvalue weighted by Crippen LogP contribution is 2.19. The van der Waals surface area contributed by atoms with Gasteiger partial charge in [-0.1, -0.05) is 43.2 Å². The number of unbranched alkanes of at least 4 members (excludes halogenated alkanes) is 1. The zero-order valence-electron chi connectivity index (χ0n) is 18.2. The van der Waals surface area contributed by atoms with Crippen molar-refractivity contribution in [3.8, 4) is 5.75 Å². The quantitative estimate of drug-likeness (QED) is 0.594. The van der Waals surface area contributed by atoms with Crippen molar-refractivity contribution in [3.05, 3.63) is 65.0 Å². The van der Waals surface area contributed by atoms with Gasteiger partial charge in [0.2, 0.25) is 5.91 Å². The Morgan fingerprint density at radius 3 is 2.47 bits per heavy atom. The van der Waals surface area contributed by atoms with Crippen LogP contribution in [0.15, 0.2) is 42.5 Å². The Kier molecular flexibility index (Phi) is 8.84. The van der Waals surface area contributed by atoms with Crippen LogP contribution in [0.3, 0.4) is 0 Å². The number of hydrogen-bond acceptors (Lipinski definition) is 3. The van der Waals surface area contributed by atoms with Gasteiger partial charge in [0, 0.05) is 13.1 Å². The van der Waals surface area contributed by atoms with Gasteiger partial charge >= 0.3 is 0 Å². The van der Waals surface area contributed by atoms with E-state index >= 15 is 0 Å². The second-order valence-electron chi connectivity index (χ2n) is 7.53. The van der Waals surface area contributed by atoms with E-state index in [2.05, 4.69) is 5.32 Å². The van der Waals surface area contributed by atoms with Crippen LogP contribution in [-0.4, -0.2) is 35.9 Å². The highest BCUT2D eigenvalue weighted by molar-refractivity contribution is 5.87. The molecule has 0 spiro atoms. The van der Waals surface area contributed by atoms with Gasteiger partial charge in [0.05, 0.1) is 0 Å². The van der Waals surface area contributed by atoms with Gasteiger partial charge in [-0.2, -0.15) is 0 Å². The first-order valence-electron chi connectivity index (χ1n) is 10.3. The summed E-state index contributed by atoms with van der Waals surface area (Å²) >= 11 is 0. The molecule has 0 aromatic heterocycles. The average Bonchev–Trinajstić information content (AvgIpc) is 2.72. The number of hydrogen-bond donors (Lipinski definition) is 1. The fourth-order valence-corrected chi connectivity index (χ4v) is 3.09. The summed E-state index contributed by atoms with van der Waals surface area (Å²) in [5, 5.41) is 2.87. The topological polar surface area (TPSA) is 58.6 Å². The van der Waals surface area contributed by atoms with E-state index in [0.29, 0.717) is 12.3 Å². The van der Waals surface area contributed by atoms with Crippen molar-refractivity contribution >= 4 is 11.8 Å². The predicted octanol–water partition coefficient (Wildman–Crippen LogP) is 4.15. The number of rotatable bonds is 10. The summed E-state index contributed by atoms with van der Waals surface area (Å²) in [4.78, 5) is 27.0. The molecule has 162 valence electrons. The van der Waals surface area contributed by atoms with E-state index in [1.54, 1.807) is 19.1 Å². The van der Waals surface area contributed by atoms with Crippen LogP contribution in [0.25, 0.3) is 0 Å². The van der Waals surface area contributed by atoms with E-state index in [1.165, 1.54) is 17.0 Å². The summed E-state index contributed by atoms with van der Waals surface area (Å²) in [7, 11) is 0. The summed E-state index contributed by atoms with van der Waals surface area (Å²) in [5.41, 5.74) is 2.80. The lowest BCUT2D eigenvalue weighted by Crippen LogP contribution is -2.49. The van der Waals surface area contributed by atoms with Crippen molar-refractivity contribution in [2.45, 2.75) is 53.1 Å². The minimum Gasteiger partial charge on any atom is -0.483 e. The third kappa shape index (κ3) is 6.87. The Morgan fingerprint density at radius 1 is 1.13 bits per heavy atom. The number of benzene rings is 2. The van der Waals surface area contributed by atoms with Crippen molar-refractivity contribution in [2.75, 3.05) is 13.2 Å². The molecule has 2 rings (SSSR count). The highest BCUT2D eigenvalue weighted by atomic mass is 19.1. The van der Waals surface area contributed by atoms with E-state index in [0.717, 1.165) is 29.5 Å². The molecule has 2 aromatic carbocycles. The van der Waals surface area contributed by atoms with Crippen LogP contribution < -0.4 is 10.1 Å². The van der Waals surface area contributed by atoms with E-state index in [1.807, 2.05) is 39.0 Å². The average molecular weight is 415 g/mol. The first-order valence-corrected chi connectivity index (χ1v) is 10.3. The molecule has 1 N–H and O–H groups in total. The largest absolute Gasteiger partial charge is 0.483 e. The van der Waals surface area contributed by atoms with Crippen LogP contribution in [0.1, 0.15) is 43.4 Å². The number of nitrogens with one attached hydrogen (secondary N) is 1. The maximum Gasteiger partial charge on any atom is 0.261 e. The van der Waals surface area contributed by atoms with Crippen LogP contribution in [0, 0.1) is 19.7 Å². The summed E-state index contributed by atoms with van der Waals surface area (Å²) in [6.07, 6.45) is 1.84. The summed E-state index contributed by atoms with van der Waals surface area (Å²) in [5.74, 6) is -0.237. The Balaban J connectivity index is 2.12. The lowest BCUT2D eigenvalue weighted by atomic mass is 10.1. The number of amides is 2. The first kappa shape index (κ1) is 23.4. The van der Waals surface area contributed by atoms with Crippen LogP contribution >= 0.6 is 0 Å². The molecule has 0 heterocycles. The molecule has 0 aliphatic carbocycles. The Hall–Kier alpha value is -2.89. The standard InChI is InChI=1S/C24H31FN2O3/c1-5-6-13-26-24(29)19(4)27(15-20-8-10-21(25)11-9-20)23(28)16-30-22-12-7-17(2)14-18(22)3/h7-12,14,19H,5-6,13,15-16H2,1-4H3,(H,26,29)/t19-/m0/s1. The van der Waals surface area contributed by atoms with Gasteiger partial charge in [0.25, 0.3) is 5.91 Å². The predicted molar refractivity (Wildman–Crippen MR) is 116 cm³/mol. The normalized spacial score (nSPS) is 11.6. The molecule has 0 aliphatic rings. The molecule has 0 radical (unpaired) electrons. The minimum atomic E-state index is -0.679. The van der Waals surface area contributed by atoms with Gasteiger partial charge in [-0.15, -0.1) is 0 Å². The fourth-order valence-electron chi connectivity index (χ4n) is 3.09. The van der Waals surface area contributed by atoms with Gasteiger partial charge in [-0.25, -0.2) is 4.39 Å². The smallest absolute Gasteiger partial charge is 0.261 e. The van der Waals surface area contributed by atoms with Crippen LogP contribution in [0.5, 0.6) is 5.75 Å². The van der Waals surface area contributed by atoms with Gasteiger partial charge in [0.1, 0.15) is 17.6 Å². The zero-order chi connectivity index (χ0) is 22.1. The molecule has 0 saturated heterocycles. The second kappa shape index (κ2) is 11.3. The number of aryl methyl sites for hydroxylation is 2. The lowest BCUT2D eigenvalue weighted by molar-refractivity contribution is -0.142. The SMILES string of the molecule is CCCCNC(=O)[C@H](C)N(Cc1ccc(F)cc1)C(=O)COc1ccc(C)cc1C. The first-order chi connectivity index (χ1) is 14.3. The van der Waals surface area contributed by atoms with E-state index in [4.69, 9.17) is 4.74 Å². The third-order valence-electron chi connectivity index (χ3n) is 4.94. The molecule has 1 atom stereocenters. The molecule has 30 heavy (non-hydrogen) atoms. The molecular formula is C24H31FN2O3. The summed E-state index contributed by atoms with van der Waals surface area (Å²) < 4.78 is 19.0. The maximum atomic E-state index is 13.3. The minimum absolute atomic E-state index is 0.183. The molecule has 0 bridgehead atoms. The monoisotopic (exact) mass is 414 g/mol. The molecule has 0 saturated carbocycles. The lowest BCUT2D eigenvalue weighted by Gasteiger charge is -2.29. The summed E-state index contributed by atoms with van der Waals surface area (Å²) in [6.45, 7) is 8.23. The highest BCUT2D eigenvalue weighted by Gasteiger charge is 2.26. The van der Waals surface area contributed by atoms with Crippen LogP contribution in [-0.2, 0) is 16.1 Å². The zero-order valence-corrected chi connectivity index (χ0v) is 18.2. The van der Waals surface area contributed by atoms with Crippen molar-refractivity contribution in [1.82, 2.24) is 10.2 Å². The second-order valence-corrected chi connectivity index (χ2v) is 7.53. The maximum absolute atomic E-state index is 13.3. The molecule has 0 unspecified atom stereocenters. The third-order valence-corrected chi connectivity index (χ3v) is 4.94. The van der Waals surface area contributed by atoms with Crippen LogP contribution in [0.4, 0.5) is 4.39 Å². The van der Waals surface area contributed by atoms with Crippen molar-refractivity contribution < 1.29 is 18.7 Å². The van der Waals surface area contributed by atoms with E-state index < -0.39 is 6.04 Å². The Labute approximate surface area is 178 Å². The number of nitrogens with zero attached hydrogens (tertiary/aromatic N) is 1. The van der Waals surface area contributed by atoms with Gasteiger partial charge in [-0.3, -0.25) is 9.59 Å². The number of carbonyl (C=O) groups excluding carboxylic acids is 2. The molecule has 0 fully saturated rings. The van der Waals surface area contributed by atoms with Gasteiger partial charge < -0.3 is 15.0 Å². The number of carbonyl (C=O) groups is 2. The fraction of sp³-hybridized carbons (Fsp3) is 0.417.